The Bertz CT molecular complexity index is 1110. The molecule has 2 aromatic heterocycles. The van der Waals surface area contributed by atoms with E-state index in [9.17, 15) is 14.4 Å². The molecular formula is C21H18N4O5. The van der Waals surface area contributed by atoms with Crippen LogP contribution in [0.5, 0.6) is 0 Å². The molecule has 2 amide bonds. The number of hydrogen-bond donors (Lipinski definition) is 4. The van der Waals surface area contributed by atoms with Crippen LogP contribution in [0.4, 0.5) is 11.4 Å². The second-order valence-electron chi connectivity index (χ2n) is 6.39. The van der Waals surface area contributed by atoms with Crippen molar-refractivity contribution in [2.75, 3.05) is 10.6 Å². The number of rotatable bonds is 3. The van der Waals surface area contributed by atoms with E-state index in [4.69, 9.17) is 9.90 Å². The second-order valence-corrected chi connectivity index (χ2v) is 6.39. The quantitative estimate of drug-likeness (QED) is 0.491. The zero-order chi connectivity index (χ0) is 21.5. The van der Waals surface area contributed by atoms with Crippen LogP contribution in [0.25, 0.3) is 0 Å². The van der Waals surface area contributed by atoms with Gasteiger partial charge < -0.3 is 20.7 Å². The van der Waals surface area contributed by atoms with Crippen LogP contribution in [0.3, 0.4) is 0 Å². The van der Waals surface area contributed by atoms with Gasteiger partial charge in [0.05, 0.1) is 5.56 Å². The van der Waals surface area contributed by atoms with Crippen molar-refractivity contribution < 1.29 is 19.5 Å². The number of nitrogens with zero attached hydrogens (tertiary/aromatic N) is 1. The lowest BCUT2D eigenvalue weighted by molar-refractivity contribution is -0.123. The smallest absolute Gasteiger partial charge is 0.290 e. The Hall–Kier alpha value is -4.27. The number of carbonyl (C=O) groups excluding carboxylic acids is 2. The second kappa shape index (κ2) is 9.28. The molecule has 1 unspecified atom stereocenters. The van der Waals surface area contributed by atoms with Gasteiger partial charge in [0.1, 0.15) is 0 Å². The van der Waals surface area contributed by atoms with Crippen molar-refractivity contribution in [1.29, 1.82) is 0 Å². The lowest BCUT2D eigenvalue weighted by Crippen LogP contribution is -2.24. The summed E-state index contributed by atoms with van der Waals surface area (Å²) in [6.45, 7) is -0.250. The Labute approximate surface area is 170 Å². The van der Waals surface area contributed by atoms with E-state index in [1.807, 2.05) is 6.07 Å². The van der Waals surface area contributed by atoms with Gasteiger partial charge in [-0.05, 0) is 35.4 Å². The number of amides is 2. The molecule has 9 nitrogen and oxygen atoms in total. The van der Waals surface area contributed by atoms with Crippen molar-refractivity contribution in [3.8, 4) is 0 Å². The number of nitrogens with one attached hydrogen (secondary N) is 3. The van der Waals surface area contributed by atoms with Gasteiger partial charge in [0.25, 0.3) is 12.4 Å². The predicted octanol–water partition coefficient (Wildman–Crippen LogP) is 2.20. The van der Waals surface area contributed by atoms with Crippen LogP contribution in [0.1, 0.15) is 33.8 Å². The maximum absolute atomic E-state index is 12.3. The first-order chi connectivity index (χ1) is 14.5. The molecule has 0 aliphatic carbocycles. The first-order valence-corrected chi connectivity index (χ1v) is 8.93. The van der Waals surface area contributed by atoms with Gasteiger partial charge in [0.15, 0.2) is 0 Å². The summed E-state index contributed by atoms with van der Waals surface area (Å²) in [4.78, 5) is 50.7. The number of benzene rings is 1. The molecule has 3 heterocycles. The van der Waals surface area contributed by atoms with Crippen LogP contribution in [-0.2, 0) is 9.59 Å². The number of carboxylic acid groups (broad SMARTS) is 1. The van der Waals surface area contributed by atoms with Crippen LogP contribution in [0, 0.1) is 0 Å². The lowest BCUT2D eigenvalue weighted by Gasteiger charge is -2.26. The molecule has 1 aliphatic heterocycles. The summed E-state index contributed by atoms with van der Waals surface area (Å²) < 4.78 is 0. The third-order valence-corrected chi connectivity index (χ3v) is 4.48. The molecule has 0 spiro atoms. The zero-order valence-electron chi connectivity index (χ0n) is 15.7. The van der Waals surface area contributed by atoms with Gasteiger partial charge in [-0.1, -0.05) is 12.1 Å². The average Bonchev–Trinajstić information content (AvgIpc) is 2.74. The van der Waals surface area contributed by atoms with E-state index < -0.39 is 0 Å². The fourth-order valence-corrected chi connectivity index (χ4v) is 3.18. The molecule has 4 N–H and O–H groups in total. The molecule has 9 heteroatoms. The van der Waals surface area contributed by atoms with E-state index in [0.717, 1.165) is 11.1 Å². The fourth-order valence-electron chi connectivity index (χ4n) is 3.18. The van der Waals surface area contributed by atoms with Crippen LogP contribution in [-0.4, -0.2) is 33.4 Å². The van der Waals surface area contributed by atoms with Gasteiger partial charge in [-0.25, -0.2) is 0 Å². The standard InChI is InChI=1S/C20H16N4O3.CH2O2/c25-18-6-3-12(11-22-18)16-9-19(26)24-17-8-14(4-5-15(16)17)23-20(27)13-2-1-7-21-10-13;2-1-3/h1-8,10-11,16H,9H2,(H,22,25)(H,23,27)(H,24,26);1H,(H,2,3). The average molecular weight is 406 g/mol. The molecule has 1 aliphatic rings. The molecule has 0 saturated carbocycles. The zero-order valence-corrected chi connectivity index (χ0v) is 15.7. The Morgan fingerprint density at radius 1 is 1.20 bits per heavy atom. The van der Waals surface area contributed by atoms with E-state index in [2.05, 4.69) is 20.6 Å². The summed E-state index contributed by atoms with van der Waals surface area (Å²) in [7, 11) is 0. The Morgan fingerprint density at radius 3 is 2.67 bits per heavy atom. The van der Waals surface area contributed by atoms with Crippen LogP contribution < -0.4 is 16.2 Å². The van der Waals surface area contributed by atoms with Gasteiger partial charge in [0.2, 0.25) is 11.5 Å². The Kier molecular flexibility index (Phi) is 6.33. The predicted molar refractivity (Wildman–Crippen MR) is 109 cm³/mol. The van der Waals surface area contributed by atoms with Crippen molar-refractivity contribution in [2.45, 2.75) is 12.3 Å². The molecule has 0 bridgehead atoms. The highest BCUT2D eigenvalue weighted by atomic mass is 16.3. The van der Waals surface area contributed by atoms with Crippen molar-refractivity contribution in [2.24, 2.45) is 0 Å². The molecular weight excluding hydrogens is 388 g/mol. The molecule has 30 heavy (non-hydrogen) atoms. The van der Waals surface area contributed by atoms with E-state index >= 15 is 0 Å². The Morgan fingerprint density at radius 2 is 2.00 bits per heavy atom. The summed E-state index contributed by atoms with van der Waals surface area (Å²) in [5.41, 5.74) is 3.27. The largest absolute Gasteiger partial charge is 0.483 e. The highest BCUT2D eigenvalue weighted by Gasteiger charge is 2.27. The minimum Gasteiger partial charge on any atom is -0.483 e. The minimum atomic E-state index is -0.276. The molecule has 0 radical (unpaired) electrons. The third-order valence-electron chi connectivity index (χ3n) is 4.48. The highest BCUT2D eigenvalue weighted by molar-refractivity contribution is 6.05. The van der Waals surface area contributed by atoms with Crippen molar-refractivity contribution >= 4 is 29.7 Å². The van der Waals surface area contributed by atoms with Crippen molar-refractivity contribution in [1.82, 2.24) is 9.97 Å². The minimum absolute atomic E-state index is 0.116. The van der Waals surface area contributed by atoms with E-state index in [1.54, 1.807) is 42.7 Å². The number of fused-ring (bicyclic) bond motifs is 1. The number of anilines is 2. The monoisotopic (exact) mass is 406 g/mol. The van der Waals surface area contributed by atoms with Crippen LogP contribution >= 0.6 is 0 Å². The van der Waals surface area contributed by atoms with Crippen LogP contribution in [0.2, 0.25) is 0 Å². The summed E-state index contributed by atoms with van der Waals surface area (Å²) in [6.07, 6.45) is 5.01. The number of aromatic amines is 1. The number of hydrogen-bond acceptors (Lipinski definition) is 5. The van der Waals surface area contributed by atoms with E-state index in [1.165, 1.54) is 12.3 Å². The van der Waals surface area contributed by atoms with Crippen LogP contribution in [0.15, 0.2) is 65.8 Å². The van der Waals surface area contributed by atoms with Crippen molar-refractivity contribution in [3.63, 3.8) is 0 Å². The number of H-pyrrole nitrogens is 1. The Balaban J connectivity index is 0.000000806. The molecule has 152 valence electrons. The molecule has 4 rings (SSSR count). The number of carbonyl (C=O) groups is 3. The van der Waals surface area contributed by atoms with E-state index in [-0.39, 0.29) is 29.8 Å². The topological polar surface area (TPSA) is 141 Å². The summed E-state index contributed by atoms with van der Waals surface area (Å²) in [5, 5.41) is 12.5. The van der Waals surface area contributed by atoms with Gasteiger partial charge in [0, 0.05) is 48.4 Å². The molecule has 0 saturated heterocycles. The van der Waals surface area contributed by atoms with Gasteiger partial charge in [-0.15, -0.1) is 0 Å². The lowest BCUT2D eigenvalue weighted by atomic mass is 9.85. The van der Waals surface area contributed by atoms with Gasteiger partial charge in [-0.2, -0.15) is 0 Å². The van der Waals surface area contributed by atoms with Gasteiger partial charge in [-0.3, -0.25) is 24.2 Å². The molecule has 0 fully saturated rings. The third kappa shape index (κ3) is 4.76. The highest BCUT2D eigenvalue weighted by Crippen LogP contribution is 2.37. The summed E-state index contributed by atoms with van der Waals surface area (Å²) in [6, 6.07) is 11.9. The number of aromatic nitrogens is 2. The SMILES string of the molecule is O=C1CC(c2ccc(=O)[nH]c2)c2ccc(NC(=O)c3cccnc3)cc2N1.O=CO. The van der Waals surface area contributed by atoms with E-state index in [0.29, 0.717) is 23.4 Å². The van der Waals surface area contributed by atoms with Gasteiger partial charge >= 0.3 is 0 Å². The first-order valence-electron chi connectivity index (χ1n) is 8.93. The maximum Gasteiger partial charge on any atom is 0.290 e. The first kappa shape index (κ1) is 20.5. The molecule has 3 aromatic rings. The summed E-state index contributed by atoms with van der Waals surface area (Å²) >= 11 is 0. The maximum atomic E-state index is 12.3. The van der Waals surface area contributed by atoms with Crippen molar-refractivity contribution in [3.05, 3.63) is 88.1 Å². The summed E-state index contributed by atoms with van der Waals surface area (Å²) in [5.74, 6) is -0.550. The normalized spacial score (nSPS) is 14.4. The molecule has 1 atom stereocenters. The molecule has 1 aromatic carbocycles. The number of pyridine rings is 2. The fraction of sp³-hybridized carbons (Fsp3) is 0.0952.